The molecule has 1 atom stereocenters. The van der Waals surface area contributed by atoms with Gasteiger partial charge in [-0.3, -0.25) is 9.59 Å². The number of carbonyl (C=O) groups excluding carboxylic acids is 1. The number of hydrogen-bond acceptors (Lipinski definition) is 3. The van der Waals surface area contributed by atoms with Gasteiger partial charge in [-0.1, -0.05) is 28.9 Å². The molecule has 1 N–H and O–H groups in total. The van der Waals surface area contributed by atoms with Gasteiger partial charge >= 0.3 is 5.97 Å². The summed E-state index contributed by atoms with van der Waals surface area (Å²) in [6, 6.07) is 7.25. The molecule has 0 radical (unpaired) electrons. The van der Waals surface area contributed by atoms with Crippen molar-refractivity contribution in [3.63, 3.8) is 0 Å². The summed E-state index contributed by atoms with van der Waals surface area (Å²) in [7, 11) is 0. The first-order chi connectivity index (χ1) is 9.97. The monoisotopic (exact) mass is 355 g/mol. The predicted octanol–water partition coefficient (Wildman–Crippen LogP) is 2.54. The number of benzene rings is 1. The quantitative estimate of drug-likeness (QED) is 0.881. The highest BCUT2D eigenvalue weighted by Gasteiger charge is 2.44. The van der Waals surface area contributed by atoms with Crippen LogP contribution in [-0.2, 0) is 9.59 Å². The van der Waals surface area contributed by atoms with Crippen LogP contribution in [0.15, 0.2) is 28.7 Å². The highest BCUT2D eigenvalue weighted by molar-refractivity contribution is 9.10. The third-order valence-electron chi connectivity index (χ3n) is 4.00. The molecular weight excluding hydrogens is 338 g/mol. The summed E-state index contributed by atoms with van der Waals surface area (Å²) in [5.41, 5.74) is -0.800. The Balaban J connectivity index is 1.92. The number of rotatable bonds is 5. The standard InChI is InChI=1S/C15H18BrNO4/c1-2-15(14(19)20)6-7-17(10-15)13(18)9-21-12-5-3-4-11(16)8-12/h3-5,8H,2,6-7,9-10H2,1H3,(H,19,20). The zero-order valence-corrected chi connectivity index (χ0v) is 13.4. The Morgan fingerprint density at radius 1 is 1.48 bits per heavy atom. The van der Waals surface area contributed by atoms with Crippen molar-refractivity contribution in [3.8, 4) is 5.75 Å². The number of halogens is 1. The number of amides is 1. The molecule has 21 heavy (non-hydrogen) atoms. The minimum absolute atomic E-state index is 0.0735. The number of hydrogen-bond donors (Lipinski definition) is 1. The molecule has 0 bridgehead atoms. The molecule has 6 heteroatoms. The van der Waals surface area contributed by atoms with Crippen LogP contribution in [-0.4, -0.2) is 41.6 Å². The van der Waals surface area contributed by atoms with Gasteiger partial charge in [0.25, 0.3) is 5.91 Å². The fourth-order valence-electron chi connectivity index (χ4n) is 2.49. The molecule has 114 valence electrons. The van der Waals surface area contributed by atoms with Gasteiger partial charge in [0.1, 0.15) is 5.75 Å². The summed E-state index contributed by atoms with van der Waals surface area (Å²) in [5.74, 6) is -0.392. The van der Waals surface area contributed by atoms with Gasteiger partial charge in [-0.05, 0) is 31.0 Å². The highest BCUT2D eigenvalue weighted by atomic mass is 79.9. The molecule has 5 nitrogen and oxygen atoms in total. The first-order valence-electron chi connectivity index (χ1n) is 6.86. The average molecular weight is 356 g/mol. The van der Waals surface area contributed by atoms with E-state index in [4.69, 9.17) is 4.74 Å². The number of aliphatic carboxylic acids is 1. The third-order valence-corrected chi connectivity index (χ3v) is 4.49. The van der Waals surface area contributed by atoms with Gasteiger partial charge < -0.3 is 14.7 Å². The second-order valence-electron chi connectivity index (χ2n) is 5.25. The van der Waals surface area contributed by atoms with E-state index in [0.717, 1.165) is 4.47 Å². The number of carboxylic acids is 1. The summed E-state index contributed by atoms with van der Waals surface area (Å²) in [6.45, 7) is 2.51. The molecular formula is C15H18BrNO4. The van der Waals surface area contributed by atoms with Crippen molar-refractivity contribution in [3.05, 3.63) is 28.7 Å². The van der Waals surface area contributed by atoms with Gasteiger partial charge in [-0.2, -0.15) is 0 Å². The molecule has 2 rings (SSSR count). The van der Waals surface area contributed by atoms with Gasteiger partial charge in [0, 0.05) is 17.6 Å². The van der Waals surface area contributed by atoms with Crippen molar-refractivity contribution in [1.29, 1.82) is 0 Å². The Morgan fingerprint density at radius 3 is 2.81 bits per heavy atom. The molecule has 1 aromatic carbocycles. The molecule has 0 aromatic heterocycles. The minimum atomic E-state index is -0.826. The molecule has 0 saturated carbocycles. The lowest BCUT2D eigenvalue weighted by molar-refractivity contribution is -0.148. The minimum Gasteiger partial charge on any atom is -0.484 e. The summed E-state index contributed by atoms with van der Waals surface area (Å²) < 4.78 is 6.33. The second-order valence-corrected chi connectivity index (χ2v) is 6.17. The molecule has 1 aliphatic heterocycles. The Labute approximate surface area is 132 Å². The molecule has 1 aromatic rings. The lowest BCUT2D eigenvalue weighted by atomic mass is 9.84. The molecule has 1 heterocycles. The Kier molecular flexibility index (Phi) is 4.88. The summed E-state index contributed by atoms with van der Waals surface area (Å²) >= 11 is 3.33. The van der Waals surface area contributed by atoms with Crippen molar-refractivity contribution in [2.24, 2.45) is 5.41 Å². The zero-order chi connectivity index (χ0) is 15.5. The number of likely N-dealkylation sites (tertiary alicyclic amines) is 1. The van der Waals surface area contributed by atoms with Crippen LogP contribution in [0, 0.1) is 5.41 Å². The van der Waals surface area contributed by atoms with Crippen LogP contribution in [0.3, 0.4) is 0 Å². The number of carbonyl (C=O) groups is 2. The maximum Gasteiger partial charge on any atom is 0.311 e. The van der Waals surface area contributed by atoms with Gasteiger partial charge in [0.2, 0.25) is 0 Å². The van der Waals surface area contributed by atoms with E-state index < -0.39 is 11.4 Å². The maximum atomic E-state index is 12.1. The molecule has 1 amide bonds. The van der Waals surface area contributed by atoms with E-state index >= 15 is 0 Å². The highest BCUT2D eigenvalue weighted by Crippen LogP contribution is 2.34. The lowest BCUT2D eigenvalue weighted by Gasteiger charge is -2.23. The van der Waals surface area contributed by atoms with Gasteiger partial charge in [0.05, 0.1) is 5.41 Å². The van der Waals surface area contributed by atoms with E-state index in [1.54, 1.807) is 17.0 Å². The van der Waals surface area contributed by atoms with E-state index in [-0.39, 0.29) is 19.1 Å². The normalized spacial score (nSPS) is 21.3. The van der Waals surface area contributed by atoms with Crippen LogP contribution in [0.25, 0.3) is 0 Å². The predicted molar refractivity (Wildman–Crippen MR) is 81.2 cm³/mol. The summed E-state index contributed by atoms with van der Waals surface area (Å²) in [5, 5.41) is 9.33. The van der Waals surface area contributed by atoms with Gasteiger partial charge in [0.15, 0.2) is 6.61 Å². The van der Waals surface area contributed by atoms with Crippen molar-refractivity contribution >= 4 is 27.8 Å². The number of carboxylic acid groups (broad SMARTS) is 1. The van der Waals surface area contributed by atoms with Crippen LogP contribution in [0.4, 0.5) is 0 Å². The number of ether oxygens (including phenoxy) is 1. The zero-order valence-electron chi connectivity index (χ0n) is 11.8. The SMILES string of the molecule is CCC1(C(=O)O)CCN(C(=O)COc2cccc(Br)c2)C1. The Morgan fingerprint density at radius 2 is 2.24 bits per heavy atom. The van der Waals surface area contributed by atoms with E-state index in [9.17, 15) is 14.7 Å². The first-order valence-corrected chi connectivity index (χ1v) is 7.66. The van der Waals surface area contributed by atoms with E-state index in [1.165, 1.54) is 0 Å². The van der Waals surface area contributed by atoms with Crippen molar-refractivity contribution in [2.45, 2.75) is 19.8 Å². The van der Waals surface area contributed by atoms with Gasteiger partial charge in [-0.15, -0.1) is 0 Å². The Bertz CT molecular complexity index is 548. The fourth-order valence-corrected chi connectivity index (χ4v) is 2.87. The Hall–Kier alpha value is -1.56. The molecule has 1 saturated heterocycles. The average Bonchev–Trinajstić information content (AvgIpc) is 2.91. The van der Waals surface area contributed by atoms with Crippen molar-refractivity contribution < 1.29 is 19.4 Å². The fraction of sp³-hybridized carbons (Fsp3) is 0.467. The van der Waals surface area contributed by atoms with Crippen LogP contribution in [0.2, 0.25) is 0 Å². The molecule has 0 aliphatic carbocycles. The second kappa shape index (κ2) is 6.47. The first kappa shape index (κ1) is 15.8. The third kappa shape index (κ3) is 3.56. The van der Waals surface area contributed by atoms with Crippen LogP contribution in [0.5, 0.6) is 5.75 Å². The lowest BCUT2D eigenvalue weighted by Crippen LogP contribution is -2.38. The summed E-state index contributed by atoms with van der Waals surface area (Å²) in [4.78, 5) is 25.1. The van der Waals surface area contributed by atoms with Crippen LogP contribution >= 0.6 is 15.9 Å². The van der Waals surface area contributed by atoms with Crippen LogP contribution < -0.4 is 4.74 Å². The van der Waals surface area contributed by atoms with Gasteiger partial charge in [-0.25, -0.2) is 0 Å². The summed E-state index contributed by atoms with van der Waals surface area (Å²) in [6.07, 6.45) is 1.03. The largest absolute Gasteiger partial charge is 0.484 e. The number of nitrogens with zero attached hydrogens (tertiary/aromatic N) is 1. The smallest absolute Gasteiger partial charge is 0.311 e. The van der Waals surface area contributed by atoms with E-state index in [0.29, 0.717) is 25.1 Å². The maximum absolute atomic E-state index is 12.1. The molecule has 0 spiro atoms. The molecule has 1 fully saturated rings. The van der Waals surface area contributed by atoms with Crippen molar-refractivity contribution in [1.82, 2.24) is 4.90 Å². The molecule has 1 aliphatic rings. The van der Waals surface area contributed by atoms with Crippen molar-refractivity contribution in [2.75, 3.05) is 19.7 Å². The molecule has 1 unspecified atom stereocenters. The topological polar surface area (TPSA) is 66.8 Å². The van der Waals surface area contributed by atoms with E-state index in [2.05, 4.69) is 15.9 Å². The van der Waals surface area contributed by atoms with Crippen LogP contribution in [0.1, 0.15) is 19.8 Å². The van der Waals surface area contributed by atoms with E-state index in [1.807, 2.05) is 19.1 Å².